The summed E-state index contributed by atoms with van der Waals surface area (Å²) in [7, 11) is 1.62. The van der Waals surface area contributed by atoms with Crippen LogP contribution in [0.25, 0.3) is 6.08 Å². The predicted molar refractivity (Wildman–Crippen MR) is 107 cm³/mol. The van der Waals surface area contributed by atoms with Gasteiger partial charge in [0.25, 0.3) is 0 Å². The highest BCUT2D eigenvalue weighted by molar-refractivity contribution is 5.92. The summed E-state index contributed by atoms with van der Waals surface area (Å²) in [5, 5.41) is 3.04. The van der Waals surface area contributed by atoms with Gasteiger partial charge >= 0.3 is 0 Å². The molecule has 0 aromatic heterocycles. The lowest BCUT2D eigenvalue weighted by Crippen LogP contribution is -2.42. The molecule has 0 aliphatic carbocycles. The van der Waals surface area contributed by atoms with Gasteiger partial charge in [0.1, 0.15) is 11.6 Å². The SMILES string of the molecule is COc1ccc(C(CN2CCOCC2)NC(=O)/C=C/c2ccccc2F)cc1. The third-order valence-corrected chi connectivity index (χ3v) is 4.70. The second-order valence-corrected chi connectivity index (χ2v) is 6.60. The topological polar surface area (TPSA) is 50.8 Å². The fraction of sp³-hybridized carbons (Fsp3) is 0.318. The van der Waals surface area contributed by atoms with E-state index in [9.17, 15) is 9.18 Å². The van der Waals surface area contributed by atoms with Crippen LogP contribution < -0.4 is 10.1 Å². The lowest BCUT2D eigenvalue weighted by Gasteiger charge is -2.31. The maximum Gasteiger partial charge on any atom is 0.244 e. The first-order valence-electron chi connectivity index (χ1n) is 9.33. The second kappa shape index (κ2) is 10.0. The van der Waals surface area contributed by atoms with Crippen molar-refractivity contribution in [3.8, 4) is 5.75 Å². The average Bonchev–Trinajstić information content (AvgIpc) is 2.73. The Bertz CT molecular complexity index is 802. The fourth-order valence-corrected chi connectivity index (χ4v) is 3.11. The molecular weight excluding hydrogens is 359 g/mol. The molecule has 1 N–H and O–H groups in total. The molecule has 1 heterocycles. The fourth-order valence-electron chi connectivity index (χ4n) is 3.11. The smallest absolute Gasteiger partial charge is 0.244 e. The van der Waals surface area contributed by atoms with Crippen LogP contribution in [0.4, 0.5) is 4.39 Å². The Kier molecular flexibility index (Phi) is 7.17. The van der Waals surface area contributed by atoms with Crippen LogP contribution in [-0.2, 0) is 9.53 Å². The normalized spacial score (nSPS) is 16.1. The summed E-state index contributed by atoms with van der Waals surface area (Å²) in [4.78, 5) is 14.8. The Balaban J connectivity index is 1.71. The van der Waals surface area contributed by atoms with Gasteiger partial charge in [0.05, 0.1) is 26.4 Å². The highest BCUT2D eigenvalue weighted by Gasteiger charge is 2.19. The van der Waals surface area contributed by atoms with Gasteiger partial charge in [0.15, 0.2) is 0 Å². The summed E-state index contributed by atoms with van der Waals surface area (Å²) >= 11 is 0. The molecule has 148 valence electrons. The van der Waals surface area contributed by atoms with Crippen LogP contribution in [0.1, 0.15) is 17.2 Å². The third kappa shape index (κ3) is 5.65. The van der Waals surface area contributed by atoms with Crippen molar-refractivity contribution < 1.29 is 18.7 Å². The number of amides is 1. The van der Waals surface area contributed by atoms with E-state index in [1.54, 1.807) is 25.3 Å². The number of methoxy groups -OCH3 is 1. The summed E-state index contributed by atoms with van der Waals surface area (Å²) in [5.74, 6) is 0.142. The Morgan fingerprint density at radius 1 is 1.21 bits per heavy atom. The van der Waals surface area contributed by atoms with Crippen molar-refractivity contribution in [2.24, 2.45) is 0 Å². The van der Waals surface area contributed by atoms with Crippen LogP contribution in [0.3, 0.4) is 0 Å². The largest absolute Gasteiger partial charge is 0.497 e. The number of benzene rings is 2. The standard InChI is InChI=1S/C22H25FN2O3/c1-27-19-9-6-18(7-10-19)21(16-25-12-14-28-15-13-25)24-22(26)11-8-17-4-2-3-5-20(17)23/h2-11,21H,12-16H2,1H3,(H,24,26)/b11-8+. The van der Waals surface area contributed by atoms with Crippen molar-refractivity contribution in [1.29, 1.82) is 0 Å². The Hall–Kier alpha value is -2.70. The van der Waals surface area contributed by atoms with Crippen molar-refractivity contribution in [2.45, 2.75) is 6.04 Å². The van der Waals surface area contributed by atoms with E-state index in [1.807, 2.05) is 24.3 Å². The van der Waals surface area contributed by atoms with E-state index in [0.29, 0.717) is 25.3 Å². The Morgan fingerprint density at radius 2 is 1.93 bits per heavy atom. The Labute approximate surface area is 164 Å². The second-order valence-electron chi connectivity index (χ2n) is 6.60. The number of hydrogen-bond acceptors (Lipinski definition) is 4. The molecule has 6 heteroatoms. The van der Waals surface area contributed by atoms with Crippen molar-refractivity contribution in [1.82, 2.24) is 10.2 Å². The molecule has 1 aliphatic rings. The minimum absolute atomic E-state index is 0.193. The first kappa shape index (κ1) is 20.0. The zero-order valence-electron chi connectivity index (χ0n) is 15.9. The molecule has 0 bridgehead atoms. The summed E-state index contributed by atoms with van der Waals surface area (Å²) < 4.78 is 24.4. The van der Waals surface area contributed by atoms with Crippen LogP contribution in [0.5, 0.6) is 5.75 Å². The van der Waals surface area contributed by atoms with Crippen LogP contribution in [-0.4, -0.2) is 50.8 Å². The molecule has 0 radical (unpaired) electrons. The van der Waals surface area contributed by atoms with E-state index in [1.165, 1.54) is 18.2 Å². The molecule has 2 aromatic rings. The summed E-state index contributed by atoms with van der Waals surface area (Å²) in [6.07, 6.45) is 2.86. The number of carbonyl (C=O) groups is 1. The van der Waals surface area contributed by atoms with Crippen LogP contribution >= 0.6 is 0 Å². The maximum absolute atomic E-state index is 13.7. The molecule has 0 spiro atoms. The molecule has 1 atom stereocenters. The zero-order valence-corrected chi connectivity index (χ0v) is 15.9. The van der Waals surface area contributed by atoms with Crippen molar-refractivity contribution in [2.75, 3.05) is 40.0 Å². The predicted octanol–water partition coefficient (Wildman–Crippen LogP) is 3.04. The molecule has 1 saturated heterocycles. The van der Waals surface area contributed by atoms with E-state index >= 15 is 0 Å². The number of nitrogens with zero attached hydrogens (tertiary/aromatic N) is 1. The van der Waals surface area contributed by atoms with E-state index in [4.69, 9.17) is 9.47 Å². The van der Waals surface area contributed by atoms with Gasteiger partial charge in [-0.05, 0) is 29.8 Å². The molecule has 5 nitrogen and oxygen atoms in total. The molecule has 3 rings (SSSR count). The maximum atomic E-state index is 13.7. The van der Waals surface area contributed by atoms with Gasteiger partial charge in [0.2, 0.25) is 5.91 Å². The number of ether oxygens (including phenoxy) is 2. The van der Waals surface area contributed by atoms with E-state index in [-0.39, 0.29) is 17.8 Å². The van der Waals surface area contributed by atoms with Gasteiger partial charge in [-0.15, -0.1) is 0 Å². The quantitative estimate of drug-likeness (QED) is 0.746. The molecule has 0 saturated carbocycles. The molecule has 2 aromatic carbocycles. The van der Waals surface area contributed by atoms with Gasteiger partial charge in [-0.1, -0.05) is 30.3 Å². The summed E-state index contributed by atoms with van der Waals surface area (Å²) in [5.41, 5.74) is 1.37. The third-order valence-electron chi connectivity index (χ3n) is 4.70. The van der Waals surface area contributed by atoms with Crippen LogP contribution in [0.15, 0.2) is 54.6 Å². The lowest BCUT2D eigenvalue weighted by atomic mass is 10.1. The first-order valence-corrected chi connectivity index (χ1v) is 9.33. The van der Waals surface area contributed by atoms with Crippen molar-refractivity contribution >= 4 is 12.0 Å². The Morgan fingerprint density at radius 3 is 2.61 bits per heavy atom. The van der Waals surface area contributed by atoms with E-state index in [0.717, 1.165) is 24.4 Å². The highest BCUT2D eigenvalue weighted by Crippen LogP contribution is 2.19. The summed E-state index contributed by atoms with van der Waals surface area (Å²) in [6.45, 7) is 3.71. The van der Waals surface area contributed by atoms with Crippen LogP contribution in [0, 0.1) is 5.82 Å². The molecule has 1 unspecified atom stereocenters. The minimum atomic E-state index is -0.355. The lowest BCUT2D eigenvalue weighted by molar-refractivity contribution is -0.117. The molecule has 1 amide bonds. The number of halogens is 1. The van der Waals surface area contributed by atoms with Crippen LogP contribution in [0.2, 0.25) is 0 Å². The van der Waals surface area contributed by atoms with Gasteiger partial charge in [-0.25, -0.2) is 4.39 Å². The monoisotopic (exact) mass is 384 g/mol. The van der Waals surface area contributed by atoms with Gasteiger partial charge in [-0.2, -0.15) is 0 Å². The summed E-state index contributed by atoms with van der Waals surface area (Å²) in [6, 6.07) is 13.8. The van der Waals surface area contributed by atoms with Gasteiger partial charge in [0, 0.05) is 31.3 Å². The van der Waals surface area contributed by atoms with Gasteiger partial charge < -0.3 is 14.8 Å². The molecule has 1 aliphatic heterocycles. The number of morpholine rings is 1. The number of rotatable bonds is 7. The van der Waals surface area contributed by atoms with Gasteiger partial charge in [-0.3, -0.25) is 9.69 Å². The number of nitrogens with one attached hydrogen (secondary N) is 1. The minimum Gasteiger partial charge on any atom is -0.497 e. The average molecular weight is 384 g/mol. The molecule has 28 heavy (non-hydrogen) atoms. The molecular formula is C22H25FN2O3. The van der Waals surface area contributed by atoms with E-state index in [2.05, 4.69) is 10.2 Å². The zero-order chi connectivity index (χ0) is 19.8. The van der Waals surface area contributed by atoms with Crippen molar-refractivity contribution in [3.05, 3.63) is 71.6 Å². The first-order chi connectivity index (χ1) is 13.7. The highest BCUT2D eigenvalue weighted by atomic mass is 19.1. The van der Waals surface area contributed by atoms with E-state index < -0.39 is 0 Å². The van der Waals surface area contributed by atoms with Crippen molar-refractivity contribution in [3.63, 3.8) is 0 Å². The number of carbonyl (C=O) groups excluding carboxylic acids is 1. The molecule has 1 fully saturated rings. The number of hydrogen-bond donors (Lipinski definition) is 1.